The number of nitrogens with zero attached hydrogens (tertiary/aromatic N) is 1. The van der Waals surface area contributed by atoms with Crippen LogP contribution in [0.1, 0.15) is 17.5 Å². The Morgan fingerprint density at radius 1 is 1.29 bits per heavy atom. The molecule has 1 aliphatic carbocycles. The second-order valence-corrected chi connectivity index (χ2v) is 6.64. The molecule has 5 heteroatoms. The van der Waals surface area contributed by atoms with Gasteiger partial charge in [0.25, 0.3) is 0 Å². The van der Waals surface area contributed by atoms with Crippen LogP contribution in [-0.2, 0) is 22.4 Å². The van der Waals surface area contributed by atoms with E-state index in [4.69, 9.17) is 0 Å². The van der Waals surface area contributed by atoms with E-state index in [0.717, 1.165) is 12.8 Å². The average molecular weight is 304 g/mol. The largest absolute Gasteiger partial charge is 0.350 e. The second kappa shape index (κ2) is 6.10. The quantitative estimate of drug-likeness (QED) is 0.910. The summed E-state index contributed by atoms with van der Waals surface area (Å²) >= 11 is 1.50. The Morgan fingerprint density at radius 3 is 2.57 bits per heavy atom. The molecule has 0 spiro atoms. The SMILES string of the molecule is CSCC(=O)NC1CC(=O)N(C2Cc3ccccc3C2)C1. The molecular weight excluding hydrogens is 284 g/mol. The van der Waals surface area contributed by atoms with Crippen molar-refractivity contribution < 1.29 is 9.59 Å². The molecule has 1 aromatic rings. The second-order valence-electron chi connectivity index (χ2n) is 5.78. The van der Waals surface area contributed by atoms with Crippen LogP contribution in [0.15, 0.2) is 24.3 Å². The minimum Gasteiger partial charge on any atom is -0.350 e. The predicted molar refractivity (Wildman–Crippen MR) is 84.3 cm³/mol. The van der Waals surface area contributed by atoms with Crippen LogP contribution in [0.3, 0.4) is 0 Å². The van der Waals surface area contributed by atoms with E-state index in [-0.39, 0.29) is 23.9 Å². The van der Waals surface area contributed by atoms with Crippen molar-refractivity contribution in [3.8, 4) is 0 Å². The van der Waals surface area contributed by atoms with Crippen molar-refractivity contribution in [2.45, 2.75) is 31.3 Å². The maximum Gasteiger partial charge on any atom is 0.230 e. The molecule has 21 heavy (non-hydrogen) atoms. The first-order valence-corrected chi connectivity index (χ1v) is 8.71. The van der Waals surface area contributed by atoms with Gasteiger partial charge in [-0.3, -0.25) is 9.59 Å². The van der Waals surface area contributed by atoms with Gasteiger partial charge >= 0.3 is 0 Å². The van der Waals surface area contributed by atoms with Crippen molar-refractivity contribution in [2.75, 3.05) is 18.6 Å². The average Bonchev–Trinajstić information content (AvgIpc) is 3.02. The Bertz CT molecular complexity index is 536. The summed E-state index contributed by atoms with van der Waals surface area (Å²) in [5, 5.41) is 2.96. The van der Waals surface area contributed by atoms with E-state index in [1.54, 1.807) is 0 Å². The number of amides is 2. The highest BCUT2D eigenvalue weighted by atomic mass is 32.2. The van der Waals surface area contributed by atoms with Gasteiger partial charge in [0.2, 0.25) is 11.8 Å². The van der Waals surface area contributed by atoms with Gasteiger partial charge in [-0.15, -0.1) is 0 Å². The maximum atomic E-state index is 12.2. The van der Waals surface area contributed by atoms with E-state index in [1.165, 1.54) is 22.9 Å². The van der Waals surface area contributed by atoms with Gasteiger partial charge in [0, 0.05) is 19.0 Å². The van der Waals surface area contributed by atoms with Gasteiger partial charge in [0.05, 0.1) is 11.8 Å². The lowest BCUT2D eigenvalue weighted by Crippen LogP contribution is -2.41. The summed E-state index contributed by atoms with van der Waals surface area (Å²) in [6, 6.07) is 8.64. The molecule has 1 fully saturated rings. The summed E-state index contributed by atoms with van der Waals surface area (Å²) in [6.07, 6.45) is 4.22. The maximum absolute atomic E-state index is 12.2. The van der Waals surface area contributed by atoms with Gasteiger partial charge in [-0.1, -0.05) is 24.3 Å². The molecule has 1 saturated heterocycles. The number of likely N-dealkylation sites (tertiary alicyclic amines) is 1. The van der Waals surface area contributed by atoms with E-state index < -0.39 is 0 Å². The minimum absolute atomic E-state index is 0.0249. The van der Waals surface area contributed by atoms with Crippen LogP contribution in [-0.4, -0.2) is 47.4 Å². The number of nitrogens with one attached hydrogen (secondary N) is 1. The van der Waals surface area contributed by atoms with Crippen LogP contribution in [0.5, 0.6) is 0 Å². The van der Waals surface area contributed by atoms with E-state index in [2.05, 4.69) is 29.6 Å². The van der Waals surface area contributed by atoms with Crippen molar-refractivity contribution in [2.24, 2.45) is 0 Å². The van der Waals surface area contributed by atoms with Gasteiger partial charge in [-0.25, -0.2) is 0 Å². The third-order valence-corrected chi connectivity index (χ3v) is 4.82. The number of hydrogen-bond donors (Lipinski definition) is 1. The summed E-state index contributed by atoms with van der Waals surface area (Å²) in [4.78, 5) is 25.8. The van der Waals surface area contributed by atoms with Gasteiger partial charge in [-0.2, -0.15) is 11.8 Å². The first-order valence-electron chi connectivity index (χ1n) is 7.32. The third kappa shape index (κ3) is 3.07. The van der Waals surface area contributed by atoms with Crippen molar-refractivity contribution >= 4 is 23.6 Å². The number of thioether (sulfide) groups is 1. The Kier molecular flexibility index (Phi) is 4.19. The Morgan fingerprint density at radius 2 is 1.95 bits per heavy atom. The normalized spacial score (nSPS) is 21.7. The number of hydrogen-bond acceptors (Lipinski definition) is 3. The number of fused-ring (bicyclic) bond motifs is 1. The fourth-order valence-electron chi connectivity index (χ4n) is 3.34. The van der Waals surface area contributed by atoms with Gasteiger partial charge < -0.3 is 10.2 Å². The monoisotopic (exact) mass is 304 g/mol. The molecule has 3 rings (SSSR count). The first-order chi connectivity index (χ1) is 10.2. The Balaban J connectivity index is 1.61. The predicted octanol–water partition coefficient (Wildman–Crippen LogP) is 1.23. The van der Waals surface area contributed by atoms with Crippen LogP contribution in [0, 0.1) is 0 Å². The van der Waals surface area contributed by atoms with Crippen molar-refractivity contribution in [3.05, 3.63) is 35.4 Å². The van der Waals surface area contributed by atoms with Crippen LogP contribution < -0.4 is 5.32 Å². The number of rotatable bonds is 4. The van der Waals surface area contributed by atoms with Crippen LogP contribution in [0.2, 0.25) is 0 Å². The number of carbonyl (C=O) groups is 2. The van der Waals surface area contributed by atoms with Crippen molar-refractivity contribution in [1.82, 2.24) is 10.2 Å². The molecule has 0 saturated carbocycles. The molecule has 2 aliphatic rings. The molecule has 1 atom stereocenters. The molecule has 1 N–H and O–H groups in total. The van der Waals surface area contributed by atoms with Gasteiger partial charge in [0.1, 0.15) is 0 Å². The summed E-state index contributed by atoms with van der Waals surface area (Å²) < 4.78 is 0. The van der Waals surface area contributed by atoms with E-state index in [0.29, 0.717) is 18.7 Å². The van der Waals surface area contributed by atoms with Gasteiger partial charge in [-0.05, 0) is 30.2 Å². The molecule has 2 amide bonds. The van der Waals surface area contributed by atoms with E-state index >= 15 is 0 Å². The summed E-state index contributed by atoms with van der Waals surface area (Å²) in [5.74, 6) is 0.652. The minimum atomic E-state index is -0.0270. The van der Waals surface area contributed by atoms with E-state index in [1.807, 2.05) is 11.2 Å². The smallest absolute Gasteiger partial charge is 0.230 e. The molecule has 0 radical (unpaired) electrons. The highest BCUT2D eigenvalue weighted by molar-refractivity contribution is 7.99. The molecule has 1 heterocycles. The number of benzene rings is 1. The lowest BCUT2D eigenvalue weighted by molar-refractivity contribution is -0.129. The summed E-state index contributed by atoms with van der Waals surface area (Å²) in [5.41, 5.74) is 2.70. The van der Waals surface area contributed by atoms with Crippen molar-refractivity contribution in [1.29, 1.82) is 0 Å². The lowest BCUT2D eigenvalue weighted by Gasteiger charge is -2.24. The van der Waals surface area contributed by atoms with E-state index in [9.17, 15) is 9.59 Å². The fraction of sp³-hybridized carbons (Fsp3) is 0.500. The first kappa shape index (κ1) is 14.4. The summed E-state index contributed by atoms with van der Waals surface area (Å²) in [6.45, 7) is 0.650. The molecule has 112 valence electrons. The highest BCUT2D eigenvalue weighted by Gasteiger charge is 2.37. The lowest BCUT2D eigenvalue weighted by atomic mass is 10.1. The molecule has 1 unspecified atom stereocenters. The molecule has 0 bridgehead atoms. The Labute approximate surface area is 129 Å². The zero-order valence-corrected chi connectivity index (χ0v) is 13.0. The fourth-order valence-corrected chi connectivity index (χ4v) is 3.68. The zero-order chi connectivity index (χ0) is 14.8. The van der Waals surface area contributed by atoms with Crippen LogP contribution in [0.25, 0.3) is 0 Å². The highest BCUT2D eigenvalue weighted by Crippen LogP contribution is 2.28. The zero-order valence-electron chi connectivity index (χ0n) is 12.2. The molecule has 4 nitrogen and oxygen atoms in total. The third-order valence-electron chi connectivity index (χ3n) is 4.27. The molecule has 1 aliphatic heterocycles. The molecular formula is C16H20N2O2S. The number of carbonyl (C=O) groups excluding carboxylic acids is 2. The molecule has 0 aromatic heterocycles. The standard InChI is InChI=1S/C16H20N2O2S/c1-21-10-15(19)17-13-8-16(20)18(9-13)14-6-11-4-2-3-5-12(11)7-14/h2-5,13-14H,6-10H2,1H3,(H,17,19). The summed E-state index contributed by atoms with van der Waals surface area (Å²) in [7, 11) is 0. The topological polar surface area (TPSA) is 49.4 Å². The molecule has 1 aromatic carbocycles. The van der Waals surface area contributed by atoms with Crippen molar-refractivity contribution in [3.63, 3.8) is 0 Å². The van der Waals surface area contributed by atoms with Crippen LogP contribution in [0.4, 0.5) is 0 Å². The Hall–Kier alpha value is -1.49. The van der Waals surface area contributed by atoms with Gasteiger partial charge in [0.15, 0.2) is 0 Å². The van der Waals surface area contributed by atoms with Crippen LogP contribution >= 0.6 is 11.8 Å².